The van der Waals surface area contributed by atoms with Crippen LogP contribution in [0.15, 0.2) is 23.3 Å². The summed E-state index contributed by atoms with van der Waals surface area (Å²) in [5.41, 5.74) is 3.92. The molecule has 5 atom stereocenters. The van der Waals surface area contributed by atoms with Crippen LogP contribution in [-0.4, -0.2) is 22.1 Å². The third-order valence-corrected chi connectivity index (χ3v) is 8.40. The van der Waals surface area contributed by atoms with Crippen LogP contribution in [0.4, 0.5) is 4.79 Å². The lowest BCUT2D eigenvalue weighted by atomic mass is 9.51. The van der Waals surface area contributed by atoms with Crippen LogP contribution in [0.1, 0.15) is 58.8 Å². The molecule has 1 N–H and O–H groups in total. The minimum Gasteiger partial charge on any atom is -0.450 e. The van der Waals surface area contributed by atoms with Crippen LogP contribution >= 0.6 is 22.6 Å². The third kappa shape index (κ3) is 3.04. The number of fused-ring (bicyclic) bond motifs is 5. The van der Waals surface area contributed by atoms with Crippen LogP contribution in [0.25, 0.3) is 0 Å². The molecule has 0 spiro atoms. The minimum absolute atomic E-state index is 0.000304. The molecule has 2 saturated carbocycles. The molecule has 0 aliphatic heterocycles. The summed E-state index contributed by atoms with van der Waals surface area (Å²) in [7, 11) is 0. The van der Waals surface area contributed by atoms with Crippen LogP contribution < -0.4 is 0 Å². The Morgan fingerprint density at radius 2 is 2.04 bits per heavy atom. The highest BCUT2D eigenvalue weighted by atomic mass is 127. The second kappa shape index (κ2) is 6.82. The summed E-state index contributed by atoms with van der Waals surface area (Å²) >= 11 is 1.58. The first kappa shape index (κ1) is 19.3. The second-order valence-electron chi connectivity index (χ2n) is 9.27. The van der Waals surface area contributed by atoms with Gasteiger partial charge in [-0.3, -0.25) is 4.79 Å². The van der Waals surface area contributed by atoms with Crippen molar-refractivity contribution in [2.24, 2.45) is 28.6 Å². The molecule has 27 heavy (non-hydrogen) atoms. The number of carbonyl (C=O) groups is 2. The molecule has 4 rings (SSSR count). The number of hydrogen-bond donors (Lipinski definition) is 1. The van der Waals surface area contributed by atoms with Gasteiger partial charge in [0, 0.05) is 17.0 Å². The fourth-order valence-corrected chi connectivity index (χ4v) is 6.80. The Morgan fingerprint density at radius 3 is 2.78 bits per heavy atom. The lowest BCUT2D eigenvalue weighted by Gasteiger charge is -2.53. The van der Waals surface area contributed by atoms with Gasteiger partial charge in [-0.1, -0.05) is 31.1 Å². The summed E-state index contributed by atoms with van der Waals surface area (Å²) < 4.78 is 4.59. The summed E-state index contributed by atoms with van der Waals surface area (Å²) in [5, 5.41) is 8.05. The zero-order valence-electron chi connectivity index (χ0n) is 16.1. The molecule has 0 aromatic heterocycles. The Balaban J connectivity index is 1.61. The van der Waals surface area contributed by atoms with Gasteiger partial charge < -0.3 is 10.1 Å². The van der Waals surface area contributed by atoms with Crippen molar-refractivity contribution in [3.05, 3.63) is 23.3 Å². The van der Waals surface area contributed by atoms with E-state index in [0.29, 0.717) is 11.8 Å². The van der Waals surface area contributed by atoms with Crippen molar-refractivity contribution in [1.29, 1.82) is 5.41 Å². The molecule has 0 aromatic carbocycles. The first-order valence-corrected chi connectivity index (χ1v) is 11.2. The van der Waals surface area contributed by atoms with E-state index in [1.165, 1.54) is 5.57 Å². The molecule has 5 heteroatoms. The van der Waals surface area contributed by atoms with E-state index >= 15 is 0 Å². The molecule has 0 saturated heterocycles. The normalized spacial score (nSPS) is 40.3. The highest BCUT2D eigenvalue weighted by Crippen LogP contribution is 2.64. The summed E-state index contributed by atoms with van der Waals surface area (Å²) in [4.78, 5) is 23.9. The molecule has 0 bridgehead atoms. The molecule has 0 aromatic rings. The number of rotatable bonds is 3. The van der Waals surface area contributed by atoms with E-state index in [2.05, 4.69) is 26.0 Å². The van der Waals surface area contributed by atoms with Crippen LogP contribution in [0.2, 0.25) is 0 Å². The summed E-state index contributed by atoms with van der Waals surface area (Å²) in [6.07, 6.45) is 11.7. The molecular weight excluding hydrogens is 453 g/mol. The van der Waals surface area contributed by atoms with Gasteiger partial charge in [0.25, 0.3) is 0 Å². The number of carbonyl (C=O) groups excluding carboxylic acids is 2. The fraction of sp³-hybridized carbons (Fsp3) is 0.682. The number of halogens is 1. The van der Waals surface area contributed by atoms with Crippen molar-refractivity contribution in [3.63, 3.8) is 0 Å². The van der Waals surface area contributed by atoms with Crippen molar-refractivity contribution in [2.45, 2.75) is 58.8 Å². The van der Waals surface area contributed by atoms with Crippen LogP contribution in [0, 0.1) is 34.0 Å². The van der Waals surface area contributed by atoms with Gasteiger partial charge in [0.05, 0.1) is 22.6 Å². The van der Waals surface area contributed by atoms with E-state index in [1.807, 2.05) is 0 Å². The van der Waals surface area contributed by atoms with E-state index in [0.717, 1.165) is 50.7 Å². The molecule has 0 amide bonds. The van der Waals surface area contributed by atoms with E-state index in [1.54, 1.807) is 28.2 Å². The maximum Gasteiger partial charge on any atom is 0.367 e. The number of hydrogen-bond acceptors (Lipinski definition) is 4. The largest absolute Gasteiger partial charge is 0.450 e. The number of nitrogens with one attached hydrogen (secondary N) is 1. The number of ether oxygens (including phenoxy) is 1. The monoisotopic (exact) mass is 481 g/mol. The van der Waals surface area contributed by atoms with Crippen LogP contribution in [-0.2, 0) is 9.53 Å². The third-order valence-electron chi connectivity index (χ3n) is 8.09. The van der Waals surface area contributed by atoms with E-state index < -0.39 is 3.98 Å². The average molecular weight is 481 g/mol. The highest BCUT2D eigenvalue weighted by molar-refractivity contribution is 14.1. The van der Waals surface area contributed by atoms with Gasteiger partial charge in [-0.15, -0.1) is 0 Å². The van der Waals surface area contributed by atoms with Gasteiger partial charge in [0.15, 0.2) is 12.4 Å². The molecule has 4 aliphatic carbocycles. The number of allylic oxidation sites excluding steroid dienone is 4. The van der Waals surface area contributed by atoms with Crippen molar-refractivity contribution in [3.8, 4) is 0 Å². The number of ketones is 1. The van der Waals surface area contributed by atoms with E-state index in [-0.39, 0.29) is 29.1 Å². The second-order valence-corrected chi connectivity index (χ2v) is 10.2. The van der Waals surface area contributed by atoms with E-state index in [4.69, 9.17) is 10.1 Å². The maximum absolute atomic E-state index is 12.8. The Labute approximate surface area is 174 Å². The Morgan fingerprint density at radius 1 is 1.26 bits per heavy atom. The minimum atomic E-state index is -0.408. The average Bonchev–Trinajstić information content (AvgIpc) is 2.97. The lowest BCUT2D eigenvalue weighted by Crippen LogP contribution is -2.45. The molecule has 2 unspecified atom stereocenters. The molecule has 0 heterocycles. The number of Topliss-reactive ketones (excluding diaryl/α,β-unsaturated/α-hetero) is 1. The zero-order valence-corrected chi connectivity index (χ0v) is 18.3. The fourth-order valence-electron chi connectivity index (χ4n) is 6.64. The quantitative estimate of drug-likeness (QED) is 0.322. The predicted octanol–water partition coefficient (Wildman–Crippen LogP) is 5.65. The SMILES string of the molecule is C[C@]12CCC(=N)C=C1CCC1C2=CC[C@@]2(C)C1CC[C@@H]2C(=O)COC(=O)I. The molecule has 4 aliphatic rings. The lowest BCUT2D eigenvalue weighted by molar-refractivity contribution is -0.129. The van der Waals surface area contributed by atoms with Crippen LogP contribution in [0.5, 0.6) is 0 Å². The zero-order chi connectivity index (χ0) is 19.4. The summed E-state index contributed by atoms with van der Waals surface area (Å²) in [6, 6.07) is 0. The first-order chi connectivity index (χ1) is 12.8. The van der Waals surface area contributed by atoms with Crippen molar-refractivity contribution in [2.75, 3.05) is 6.61 Å². The molecule has 146 valence electrons. The Kier molecular flexibility index (Phi) is 4.88. The van der Waals surface area contributed by atoms with Crippen LogP contribution in [0.3, 0.4) is 0 Å². The Bertz CT molecular complexity index is 770. The molecule has 4 nitrogen and oxygen atoms in total. The van der Waals surface area contributed by atoms with Gasteiger partial charge in [-0.05, 0) is 68.3 Å². The topological polar surface area (TPSA) is 67.2 Å². The maximum atomic E-state index is 12.8. The van der Waals surface area contributed by atoms with Gasteiger partial charge in [-0.25, -0.2) is 4.79 Å². The standard InChI is InChI=1S/C22H28INO3/c1-21-9-7-14(24)11-13(21)3-4-15-16-5-6-18(19(25)12-27-20(23)26)22(16,2)10-8-17(15)21/h8,11,15-16,18,24H,3-7,9-10,12H2,1-2H3/t15?,16?,18-,21+,22+/m1/s1. The molecular formula is C22H28INO3. The summed E-state index contributed by atoms with van der Waals surface area (Å²) in [5.74, 6) is 1.19. The Hall–Kier alpha value is -0.980. The summed E-state index contributed by atoms with van der Waals surface area (Å²) in [6.45, 7) is 4.59. The van der Waals surface area contributed by atoms with Crippen molar-refractivity contribution in [1.82, 2.24) is 0 Å². The van der Waals surface area contributed by atoms with E-state index in [9.17, 15) is 9.59 Å². The highest BCUT2D eigenvalue weighted by Gasteiger charge is 2.57. The van der Waals surface area contributed by atoms with Gasteiger partial charge >= 0.3 is 3.98 Å². The molecule has 0 radical (unpaired) electrons. The van der Waals surface area contributed by atoms with Gasteiger partial charge in [0.1, 0.15) is 0 Å². The van der Waals surface area contributed by atoms with Crippen molar-refractivity contribution < 1.29 is 14.3 Å². The van der Waals surface area contributed by atoms with Gasteiger partial charge in [0.2, 0.25) is 0 Å². The smallest absolute Gasteiger partial charge is 0.367 e. The van der Waals surface area contributed by atoms with Crippen molar-refractivity contribution >= 4 is 38.1 Å². The van der Waals surface area contributed by atoms with Gasteiger partial charge in [-0.2, -0.15) is 0 Å². The first-order valence-electron chi connectivity index (χ1n) is 10.1. The molecule has 2 fully saturated rings. The predicted molar refractivity (Wildman–Crippen MR) is 113 cm³/mol.